The van der Waals surface area contributed by atoms with Crippen LogP contribution >= 0.6 is 11.6 Å². The van der Waals surface area contributed by atoms with E-state index in [4.69, 9.17) is 16.7 Å². The highest BCUT2D eigenvalue weighted by Crippen LogP contribution is 2.32. The van der Waals surface area contributed by atoms with Gasteiger partial charge in [0.15, 0.2) is 0 Å². The summed E-state index contributed by atoms with van der Waals surface area (Å²) >= 11 is 6.15. The van der Waals surface area contributed by atoms with Crippen molar-refractivity contribution in [3.8, 4) is 0 Å². The maximum atomic E-state index is 11.7. The van der Waals surface area contributed by atoms with Gasteiger partial charge in [0.2, 0.25) is 11.6 Å². The van der Waals surface area contributed by atoms with Gasteiger partial charge in [-0.25, -0.2) is 9.97 Å². The molecule has 1 aliphatic rings. The van der Waals surface area contributed by atoms with Gasteiger partial charge in [-0.1, -0.05) is 29.8 Å². The lowest BCUT2D eigenvalue weighted by Gasteiger charge is -2.34. The van der Waals surface area contributed by atoms with Gasteiger partial charge in [0.25, 0.3) is 0 Å². The van der Waals surface area contributed by atoms with E-state index in [1.54, 1.807) is 6.07 Å². The monoisotopic (exact) mass is 392 g/mol. The van der Waals surface area contributed by atoms with Gasteiger partial charge in [-0.15, -0.1) is 0 Å². The van der Waals surface area contributed by atoms with Crippen molar-refractivity contribution in [2.24, 2.45) is 0 Å². The Bertz CT molecular complexity index is 798. The fourth-order valence-electron chi connectivity index (χ4n) is 3.04. The van der Waals surface area contributed by atoms with Gasteiger partial charge in [0, 0.05) is 44.3 Å². The lowest BCUT2D eigenvalue weighted by atomic mass is 10.2. The van der Waals surface area contributed by atoms with Gasteiger partial charge in [0.1, 0.15) is 6.33 Å². The first-order valence-corrected chi connectivity index (χ1v) is 9.02. The highest BCUT2D eigenvalue weighted by molar-refractivity contribution is 6.31. The van der Waals surface area contributed by atoms with Crippen LogP contribution in [0.5, 0.6) is 0 Å². The molecule has 0 bridgehead atoms. The van der Waals surface area contributed by atoms with Crippen LogP contribution in [0.1, 0.15) is 5.56 Å². The smallest absolute Gasteiger partial charge is 0.353 e. The summed E-state index contributed by atoms with van der Waals surface area (Å²) in [6.45, 7) is 3.65. The normalized spacial score (nSPS) is 15.0. The molecule has 27 heavy (non-hydrogen) atoms. The molecular weight excluding hydrogens is 372 g/mol. The van der Waals surface area contributed by atoms with Crippen molar-refractivity contribution >= 4 is 28.9 Å². The SMILES string of the molecule is O=[N+]([O-])c1c(NCc2ccccc2Cl)ncnc1N1CCN(CCO)CC1. The molecule has 144 valence electrons. The van der Waals surface area contributed by atoms with Crippen molar-refractivity contribution in [1.82, 2.24) is 14.9 Å². The molecule has 1 fully saturated rings. The maximum Gasteiger partial charge on any atom is 0.353 e. The van der Waals surface area contributed by atoms with Crippen molar-refractivity contribution in [3.63, 3.8) is 0 Å². The Hall–Kier alpha value is -2.49. The summed E-state index contributed by atoms with van der Waals surface area (Å²) in [7, 11) is 0. The second-order valence-electron chi connectivity index (χ2n) is 6.15. The molecule has 0 spiro atoms. The molecule has 1 saturated heterocycles. The highest BCUT2D eigenvalue weighted by Gasteiger charge is 2.29. The van der Waals surface area contributed by atoms with Crippen LogP contribution < -0.4 is 10.2 Å². The van der Waals surface area contributed by atoms with Crippen LogP contribution in [0.4, 0.5) is 17.3 Å². The number of hydrogen-bond acceptors (Lipinski definition) is 8. The summed E-state index contributed by atoms with van der Waals surface area (Å²) in [5.74, 6) is 0.475. The predicted molar refractivity (Wildman–Crippen MR) is 103 cm³/mol. The van der Waals surface area contributed by atoms with Crippen molar-refractivity contribution in [3.05, 3.63) is 51.3 Å². The minimum absolute atomic E-state index is 0.101. The number of nitrogens with one attached hydrogen (secondary N) is 1. The Labute approximate surface area is 161 Å². The van der Waals surface area contributed by atoms with Crippen LogP contribution in [0, 0.1) is 10.1 Å². The molecular formula is C17H21ClN6O3. The van der Waals surface area contributed by atoms with Gasteiger partial charge in [-0.2, -0.15) is 0 Å². The first-order valence-electron chi connectivity index (χ1n) is 8.65. The van der Waals surface area contributed by atoms with Crippen LogP contribution in [0.2, 0.25) is 5.02 Å². The summed E-state index contributed by atoms with van der Waals surface area (Å²) < 4.78 is 0. The van der Waals surface area contributed by atoms with Crippen LogP contribution in [0.3, 0.4) is 0 Å². The zero-order valence-electron chi connectivity index (χ0n) is 14.7. The Morgan fingerprint density at radius 3 is 2.63 bits per heavy atom. The average Bonchev–Trinajstić information content (AvgIpc) is 2.68. The van der Waals surface area contributed by atoms with E-state index in [9.17, 15) is 10.1 Å². The molecule has 2 heterocycles. The molecule has 0 aliphatic carbocycles. The number of aliphatic hydroxyl groups is 1. The third-order valence-electron chi connectivity index (χ3n) is 4.48. The number of nitro groups is 1. The number of hydrogen-bond donors (Lipinski definition) is 2. The summed E-state index contributed by atoms with van der Waals surface area (Å²) in [6.07, 6.45) is 1.33. The number of halogens is 1. The molecule has 0 saturated carbocycles. The molecule has 1 aromatic carbocycles. The number of rotatable bonds is 7. The van der Waals surface area contributed by atoms with Crippen LogP contribution in [-0.2, 0) is 6.54 Å². The Balaban J connectivity index is 1.79. The highest BCUT2D eigenvalue weighted by atomic mass is 35.5. The minimum Gasteiger partial charge on any atom is -0.395 e. The molecule has 1 aromatic heterocycles. The van der Waals surface area contributed by atoms with Gasteiger partial charge >= 0.3 is 5.69 Å². The Kier molecular flexibility index (Phi) is 6.38. The first kappa shape index (κ1) is 19.3. The lowest BCUT2D eigenvalue weighted by molar-refractivity contribution is -0.383. The number of piperazine rings is 1. The molecule has 9 nitrogen and oxygen atoms in total. The van der Waals surface area contributed by atoms with Gasteiger partial charge in [0.05, 0.1) is 11.5 Å². The molecule has 0 unspecified atom stereocenters. The molecule has 2 N–H and O–H groups in total. The van der Waals surface area contributed by atoms with E-state index in [1.807, 2.05) is 23.1 Å². The third-order valence-corrected chi connectivity index (χ3v) is 4.85. The second kappa shape index (κ2) is 8.94. The quantitative estimate of drug-likeness (QED) is 0.542. The summed E-state index contributed by atoms with van der Waals surface area (Å²) in [5, 5.41) is 24.4. The number of benzene rings is 1. The second-order valence-corrected chi connectivity index (χ2v) is 6.56. The fraction of sp³-hybridized carbons (Fsp3) is 0.412. The van der Waals surface area contributed by atoms with Gasteiger partial charge in [-0.3, -0.25) is 15.0 Å². The number of β-amino-alcohol motifs (C(OH)–C–C–N with tert-alkyl or cyclic N) is 1. The van der Waals surface area contributed by atoms with Crippen molar-refractivity contribution < 1.29 is 10.0 Å². The topological polar surface area (TPSA) is 108 Å². The third kappa shape index (κ3) is 4.62. The zero-order valence-corrected chi connectivity index (χ0v) is 15.5. The van der Waals surface area contributed by atoms with Crippen molar-refractivity contribution in [1.29, 1.82) is 0 Å². The first-order chi connectivity index (χ1) is 13.1. The zero-order chi connectivity index (χ0) is 19.2. The van der Waals surface area contributed by atoms with E-state index < -0.39 is 4.92 Å². The molecule has 1 aliphatic heterocycles. The van der Waals surface area contributed by atoms with Crippen molar-refractivity contribution in [2.75, 3.05) is 49.5 Å². The largest absolute Gasteiger partial charge is 0.395 e. The predicted octanol–water partition coefficient (Wildman–Crippen LogP) is 1.76. The van der Waals surface area contributed by atoms with Gasteiger partial charge < -0.3 is 15.3 Å². The van der Waals surface area contributed by atoms with Crippen molar-refractivity contribution in [2.45, 2.75) is 6.54 Å². The summed E-state index contributed by atoms with van der Waals surface area (Å²) in [5.41, 5.74) is 0.686. The van der Waals surface area contributed by atoms with Crippen LogP contribution in [0.15, 0.2) is 30.6 Å². The molecule has 0 atom stereocenters. The lowest BCUT2D eigenvalue weighted by Crippen LogP contribution is -2.47. The number of anilines is 2. The minimum atomic E-state index is -0.454. The average molecular weight is 393 g/mol. The van der Waals surface area contributed by atoms with Gasteiger partial charge in [-0.05, 0) is 11.6 Å². The fourth-order valence-corrected chi connectivity index (χ4v) is 3.25. The molecule has 2 aromatic rings. The van der Waals surface area contributed by atoms with Crippen LogP contribution in [-0.4, -0.2) is 64.2 Å². The summed E-state index contributed by atoms with van der Waals surface area (Å²) in [4.78, 5) is 23.5. The van der Waals surface area contributed by atoms with E-state index in [0.29, 0.717) is 50.1 Å². The Morgan fingerprint density at radius 2 is 1.96 bits per heavy atom. The standard InChI is InChI=1S/C17H21ClN6O3/c18-14-4-2-1-3-13(14)11-19-16-15(24(26)27)17(21-12-20-16)23-7-5-22(6-8-23)9-10-25/h1-4,12,25H,5-11H2,(H,19,20,21). The maximum absolute atomic E-state index is 11.7. The number of aliphatic hydroxyl groups excluding tert-OH is 1. The van der Waals surface area contributed by atoms with E-state index in [1.165, 1.54) is 6.33 Å². The van der Waals surface area contributed by atoms with E-state index >= 15 is 0 Å². The molecule has 3 rings (SSSR count). The van der Waals surface area contributed by atoms with E-state index in [-0.39, 0.29) is 18.1 Å². The van der Waals surface area contributed by atoms with Crippen LogP contribution in [0.25, 0.3) is 0 Å². The molecule has 10 heteroatoms. The number of nitrogens with zero attached hydrogens (tertiary/aromatic N) is 5. The molecule has 0 amide bonds. The summed E-state index contributed by atoms with van der Waals surface area (Å²) in [6, 6.07) is 7.30. The van der Waals surface area contributed by atoms with E-state index in [2.05, 4.69) is 20.2 Å². The number of aromatic nitrogens is 2. The Morgan fingerprint density at radius 1 is 1.22 bits per heavy atom. The molecule has 0 radical (unpaired) electrons. The van der Waals surface area contributed by atoms with E-state index in [0.717, 1.165) is 5.56 Å².